The van der Waals surface area contributed by atoms with Crippen molar-refractivity contribution in [2.75, 3.05) is 19.0 Å². The average molecular weight is 544 g/mol. The molecule has 0 spiro atoms. The third-order valence-corrected chi connectivity index (χ3v) is 6.91. The molecule has 0 radical (unpaired) electrons. The van der Waals surface area contributed by atoms with Gasteiger partial charge in [0.15, 0.2) is 5.11 Å². The lowest BCUT2D eigenvalue weighted by Crippen LogP contribution is -2.33. The maximum absolute atomic E-state index is 13.2. The summed E-state index contributed by atoms with van der Waals surface area (Å²) in [5.41, 5.74) is 3.59. The summed E-state index contributed by atoms with van der Waals surface area (Å²) in [7, 11) is 1.35. The van der Waals surface area contributed by atoms with Gasteiger partial charge in [-0.2, -0.15) is 0 Å². The molecule has 2 aromatic heterocycles. The van der Waals surface area contributed by atoms with E-state index in [1.807, 2.05) is 58.1 Å². The number of pyridine rings is 1. The van der Waals surface area contributed by atoms with Crippen molar-refractivity contribution in [1.29, 1.82) is 0 Å². The van der Waals surface area contributed by atoms with Crippen LogP contribution in [0.15, 0.2) is 91.3 Å². The zero-order valence-corrected chi connectivity index (χ0v) is 21.9. The number of nitrogens with one attached hydrogen (secondary N) is 2. The number of methoxy groups -OCH3 is 1. The van der Waals surface area contributed by atoms with E-state index in [9.17, 15) is 14.0 Å². The van der Waals surface area contributed by atoms with Gasteiger partial charge < -0.3 is 24.8 Å². The molecule has 3 heterocycles. The quantitative estimate of drug-likeness (QED) is 0.244. The van der Waals surface area contributed by atoms with E-state index in [0.717, 1.165) is 17.1 Å². The highest BCUT2D eigenvalue weighted by molar-refractivity contribution is 7.80. The summed E-state index contributed by atoms with van der Waals surface area (Å²) >= 11 is 5.74. The highest BCUT2D eigenvalue weighted by Gasteiger charge is 2.41. The molecule has 1 amide bonds. The number of benzene rings is 2. The summed E-state index contributed by atoms with van der Waals surface area (Å²) in [5, 5.41) is 6.71. The van der Waals surface area contributed by atoms with Gasteiger partial charge in [0, 0.05) is 42.4 Å². The van der Waals surface area contributed by atoms with Gasteiger partial charge in [0.1, 0.15) is 5.82 Å². The van der Waals surface area contributed by atoms with Gasteiger partial charge in [-0.3, -0.25) is 9.78 Å². The highest BCUT2D eigenvalue weighted by atomic mass is 32.1. The van der Waals surface area contributed by atoms with E-state index in [-0.39, 0.29) is 30.2 Å². The number of ether oxygens (including phenoxy) is 1. The van der Waals surface area contributed by atoms with Crippen LogP contribution in [-0.4, -0.2) is 45.1 Å². The number of rotatable bonds is 8. The molecule has 0 bridgehead atoms. The molecule has 39 heavy (non-hydrogen) atoms. The molecule has 4 aromatic rings. The molecule has 1 fully saturated rings. The zero-order chi connectivity index (χ0) is 27.4. The van der Waals surface area contributed by atoms with E-state index < -0.39 is 5.97 Å². The SMILES string of the molecule is COC(=O)c1ccc(-n2cccc2[C@@H]2[C@@H](c3ccccn3)NC(=S)N2CCC(=O)Nc2ccc(F)cc2)cc1. The Morgan fingerprint density at radius 1 is 1.05 bits per heavy atom. The van der Waals surface area contributed by atoms with E-state index in [1.165, 1.54) is 31.4 Å². The van der Waals surface area contributed by atoms with E-state index in [0.29, 0.717) is 22.9 Å². The van der Waals surface area contributed by atoms with E-state index in [1.54, 1.807) is 18.3 Å². The van der Waals surface area contributed by atoms with E-state index in [2.05, 4.69) is 15.6 Å². The van der Waals surface area contributed by atoms with Gasteiger partial charge in [0.05, 0.1) is 30.5 Å². The molecule has 1 aliphatic rings. The number of nitrogens with zero attached hydrogens (tertiary/aromatic N) is 3. The Morgan fingerprint density at radius 2 is 1.82 bits per heavy atom. The summed E-state index contributed by atoms with van der Waals surface area (Å²) in [6, 6.07) is 21.9. The average Bonchev–Trinajstić information content (AvgIpc) is 3.57. The molecule has 8 nitrogen and oxygen atoms in total. The summed E-state index contributed by atoms with van der Waals surface area (Å²) < 4.78 is 20.1. The van der Waals surface area contributed by atoms with Crippen molar-refractivity contribution < 1.29 is 18.7 Å². The number of halogens is 1. The lowest BCUT2D eigenvalue weighted by atomic mass is 10.0. The van der Waals surface area contributed by atoms with Crippen molar-refractivity contribution in [3.63, 3.8) is 0 Å². The first-order chi connectivity index (χ1) is 18.9. The van der Waals surface area contributed by atoms with Crippen molar-refractivity contribution in [2.45, 2.75) is 18.5 Å². The normalized spacial score (nSPS) is 16.6. The van der Waals surface area contributed by atoms with E-state index in [4.69, 9.17) is 17.0 Å². The third-order valence-electron chi connectivity index (χ3n) is 6.56. The van der Waals surface area contributed by atoms with Crippen LogP contribution in [0.4, 0.5) is 10.1 Å². The topological polar surface area (TPSA) is 88.5 Å². The van der Waals surface area contributed by atoms with Crippen LogP contribution in [0.3, 0.4) is 0 Å². The Kier molecular flexibility index (Phi) is 7.64. The molecule has 10 heteroatoms. The van der Waals surface area contributed by atoms with Crippen molar-refractivity contribution in [1.82, 2.24) is 19.8 Å². The van der Waals surface area contributed by atoms with Gasteiger partial charge in [-0.25, -0.2) is 9.18 Å². The number of aromatic nitrogens is 2. The standard InChI is InChI=1S/C29H26FN5O3S/c1-38-28(37)19-7-13-22(14-8-19)34-17-4-6-24(34)27-26(23-5-2-3-16-31-23)33-29(39)35(27)18-15-25(36)32-21-11-9-20(30)10-12-21/h2-14,16-17,26-27H,15,18H2,1H3,(H,32,36)(H,33,39)/t26-,27-/m1/s1. The van der Waals surface area contributed by atoms with Crippen LogP contribution >= 0.6 is 12.2 Å². The summed E-state index contributed by atoms with van der Waals surface area (Å²) in [6.07, 6.45) is 3.85. The number of hydrogen-bond donors (Lipinski definition) is 2. The van der Waals surface area contributed by atoms with Crippen molar-refractivity contribution in [3.8, 4) is 5.69 Å². The first kappa shape index (κ1) is 26.1. The van der Waals surface area contributed by atoms with Crippen LogP contribution in [0.2, 0.25) is 0 Å². The summed E-state index contributed by atoms with van der Waals surface area (Å²) in [4.78, 5) is 31.2. The molecule has 2 aromatic carbocycles. The number of hydrogen-bond acceptors (Lipinski definition) is 5. The number of anilines is 1. The first-order valence-electron chi connectivity index (χ1n) is 12.3. The summed E-state index contributed by atoms with van der Waals surface area (Å²) in [6.45, 7) is 0.347. The Morgan fingerprint density at radius 3 is 2.51 bits per heavy atom. The van der Waals surface area contributed by atoms with Crippen LogP contribution in [0, 0.1) is 5.82 Å². The fourth-order valence-electron chi connectivity index (χ4n) is 4.69. The molecular weight excluding hydrogens is 517 g/mol. The Bertz CT molecular complexity index is 1480. The Balaban J connectivity index is 1.43. The second-order valence-corrected chi connectivity index (χ2v) is 9.35. The van der Waals surface area contributed by atoms with Crippen LogP contribution in [0.1, 0.15) is 40.3 Å². The minimum absolute atomic E-state index is 0.166. The van der Waals surface area contributed by atoms with Gasteiger partial charge in [-0.1, -0.05) is 6.07 Å². The molecule has 5 rings (SSSR count). The third kappa shape index (κ3) is 5.65. The smallest absolute Gasteiger partial charge is 0.337 e. The van der Waals surface area contributed by atoms with Gasteiger partial charge in [0.25, 0.3) is 0 Å². The largest absolute Gasteiger partial charge is 0.465 e. The first-order valence-corrected chi connectivity index (χ1v) is 12.7. The van der Waals surface area contributed by atoms with Gasteiger partial charge in [-0.15, -0.1) is 0 Å². The lowest BCUT2D eigenvalue weighted by molar-refractivity contribution is -0.116. The molecule has 0 aliphatic carbocycles. The number of esters is 1. The van der Waals surface area contributed by atoms with Crippen LogP contribution < -0.4 is 10.6 Å². The second kappa shape index (κ2) is 11.4. The molecular formula is C29H26FN5O3S. The number of thiocarbonyl (C=S) groups is 1. The second-order valence-electron chi connectivity index (χ2n) is 8.97. The fourth-order valence-corrected chi connectivity index (χ4v) is 5.02. The Hall–Kier alpha value is -4.57. The van der Waals surface area contributed by atoms with Crippen LogP contribution in [0.25, 0.3) is 5.69 Å². The molecule has 2 atom stereocenters. The molecule has 0 saturated carbocycles. The molecule has 1 saturated heterocycles. The lowest BCUT2D eigenvalue weighted by Gasteiger charge is -2.29. The van der Waals surface area contributed by atoms with Gasteiger partial charge in [0.2, 0.25) is 5.91 Å². The van der Waals surface area contributed by atoms with Crippen molar-refractivity contribution in [2.24, 2.45) is 0 Å². The molecule has 1 aliphatic heterocycles. The molecule has 2 N–H and O–H groups in total. The minimum Gasteiger partial charge on any atom is -0.465 e. The van der Waals surface area contributed by atoms with Crippen LogP contribution in [0.5, 0.6) is 0 Å². The maximum Gasteiger partial charge on any atom is 0.337 e. The van der Waals surface area contributed by atoms with Crippen molar-refractivity contribution >= 4 is 34.9 Å². The number of amides is 1. The Labute approximate surface area is 230 Å². The van der Waals surface area contributed by atoms with Gasteiger partial charge >= 0.3 is 5.97 Å². The fraction of sp³-hybridized carbons (Fsp3) is 0.172. The van der Waals surface area contributed by atoms with Crippen LogP contribution in [-0.2, 0) is 9.53 Å². The summed E-state index contributed by atoms with van der Waals surface area (Å²) in [5.74, 6) is -0.981. The maximum atomic E-state index is 13.2. The minimum atomic E-state index is -0.403. The van der Waals surface area contributed by atoms with E-state index >= 15 is 0 Å². The van der Waals surface area contributed by atoms with Crippen molar-refractivity contribution in [3.05, 3.63) is 114 Å². The van der Waals surface area contributed by atoms with Gasteiger partial charge in [-0.05, 0) is 85.0 Å². The number of carbonyl (C=O) groups is 2. The molecule has 0 unspecified atom stereocenters. The zero-order valence-electron chi connectivity index (χ0n) is 21.1. The highest BCUT2D eigenvalue weighted by Crippen LogP contribution is 2.39. The monoisotopic (exact) mass is 543 g/mol. The predicted molar refractivity (Wildman–Crippen MR) is 149 cm³/mol. The molecule has 198 valence electrons. The number of carbonyl (C=O) groups excluding carboxylic acids is 2. The predicted octanol–water partition coefficient (Wildman–Crippen LogP) is 4.80.